The van der Waals surface area contributed by atoms with Crippen LogP contribution in [0.25, 0.3) is 0 Å². The van der Waals surface area contributed by atoms with Crippen LogP contribution >= 0.6 is 11.6 Å². The number of β-amino-alcohol motifs (C(OH)–C–C–N with tert-alkyl or cyclic N) is 1. The van der Waals surface area contributed by atoms with Crippen LogP contribution in [0.3, 0.4) is 0 Å². The Morgan fingerprint density at radius 1 is 1.19 bits per heavy atom. The summed E-state index contributed by atoms with van der Waals surface area (Å²) in [6.45, 7) is 5.31. The van der Waals surface area contributed by atoms with E-state index < -0.39 is 6.10 Å². The second-order valence-electron chi connectivity index (χ2n) is 7.21. The first-order valence-electron chi connectivity index (χ1n) is 9.33. The predicted octanol–water partition coefficient (Wildman–Crippen LogP) is 1.11. The maximum Gasteiger partial charge on any atom is 0.234 e. The molecule has 144 valence electrons. The summed E-state index contributed by atoms with van der Waals surface area (Å²) in [6, 6.07) is 7.94. The molecular weight excluding hydrogens is 354 g/mol. The van der Waals surface area contributed by atoms with E-state index in [1.807, 2.05) is 24.3 Å². The number of aliphatic hydroxyl groups is 1. The standard InChI is InChI=1S/C19H28ClN3O3/c20-16-3-1-15(2-4-16)13-26-14-18(24)11-22-7-9-23(10-8-22)12-19(25)21-17-5-6-17/h1-4,17-18,24H,5-14H2,(H,21,25). The average molecular weight is 382 g/mol. The molecule has 6 nitrogen and oxygen atoms in total. The molecule has 1 saturated heterocycles. The van der Waals surface area contributed by atoms with Gasteiger partial charge in [0.1, 0.15) is 0 Å². The second-order valence-corrected chi connectivity index (χ2v) is 7.65. The first kappa shape index (κ1) is 19.6. The third-order valence-corrected chi connectivity index (χ3v) is 4.99. The normalized spacial score (nSPS) is 20.1. The van der Waals surface area contributed by atoms with Gasteiger partial charge in [-0.3, -0.25) is 14.6 Å². The molecule has 1 heterocycles. The van der Waals surface area contributed by atoms with Gasteiger partial charge in [-0.15, -0.1) is 0 Å². The third kappa shape index (κ3) is 6.85. The number of aliphatic hydroxyl groups excluding tert-OH is 1. The topological polar surface area (TPSA) is 65.0 Å². The number of carbonyl (C=O) groups is 1. The van der Waals surface area contributed by atoms with Crippen LogP contribution in [-0.2, 0) is 16.1 Å². The molecule has 2 aliphatic rings. The van der Waals surface area contributed by atoms with Crippen molar-refractivity contribution in [3.63, 3.8) is 0 Å². The van der Waals surface area contributed by atoms with Crippen molar-refractivity contribution in [2.24, 2.45) is 0 Å². The van der Waals surface area contributed by atoms with Gasteiger partial charge in [0, 0.05) is 43.8 Å². The first-order valence-corrected chi connectivity index (χ1v) is 9.70. The van der Waals surface area contributed by atoms with Gasteiger partial charge >= 0.3 is 0 Å². The number of piperazine rings is 1. The van der Waals surface area contributed by atoms with Crippen LogP contribution in [0, 0.1) is 0 Å². The monoisotopic (exact) mass is 381 g/mol. The number of rotatable bonds is 9. The SMILES string of the molecule is O=C(CN1CCN(CC(O)COCc2ccc(Cl)cc2)CC1)NC1CC1. The van der Waals surface area contributed by atoms with Crippen molar-refractivity contribution in [1.29, 1.82) is 0 Å². The van der Waals surface area contributed by atoms with E-state index in [4.69, 9.17) is 16.3 Å². The molecule has 1 amide bonds. The van der Waals surface area contributed by atoms with Crippen LogP contribution in [-0.4, -0.2) is 78.8 Å². The fourth-order valence-corrected chi connectivity index (χ4v) is 3.20. The minimum Gasteiger partial charge on any atom is -0.389 e. The molecular formula is C19H28ClN3O3. The van der Waals surface area contributed by atoms with Crippen LogP contribution in [0.15, 0.2) is 24.3 Å². The Morgan fingerprint density at radius 2 is 1.85 bits per heavy atom. The van der Waals surface area contributed by atoms with Gasteiger partial charge in [0.05, 0.1) is 25.9 Å². The molecule has 26 heavy (non-hydrogen) atoms. The Kier molecular flexibility index (Phi) is 7.28. The number of hydrogen-bond donors (Lipinski definition) is 2. The van der Waals surface area contributed by atoms with Crippen LogP contribution in [0.1, 0.15) is 18.4 Å². The van der Waals surface area contributed by atoms with E-state index in [9.17, 15) is 9.90 Å². The van der Waals surface area contributed by atoms with Crippen molar-refractivity contribution >= 4 is 17.5 Å². The summed E-state index contributed by atoms with van der Waals surface area (Å²) in [4.78, 5) is 16.3. The van der Waals surface area contributed by atoms with Crippen molar-refractivity contribution in [3.05, 3.63) is 34.9 Å². The maximum absolute atomic E-state index is 11.8. The largest absolute Gasteiger partial charge is 0.389 e. The number of benzene rings is 1. The Bertz CT molecular complexity index is 572. The molecule has 2 fully saturated rings. The van der Waals surface area contributed by atoms with Gasteiger partial charge in [0.2, 0.25) is 5.91 Å². The molecule has 1 atom stereocenters. The fraction of sp³-hybridized carbons (Fsp3) is 0.632. The third-order valence-electron chi connectivity index (χ3n) is 4.74. The molecule has 0 aromatic heterocycles. The Hall–Kier alpha value is -1.18. The van der Waals surface area contributed by atoms with E-state index in [0.29, 0.717) is 37.4 Å². The molecule has 1 saturated carbocycles. The van der Waals surface area contributed by atoms with Crippen molar-refractivity contribution in [3.8, 4) is 0 Å². The number of halogens is 1. The van der Waals surface area contributed by atoms with Gasteiger partial charge in [-0.2, -0.15) is 0 Å². The second kappa shape index (κ2) is 9.67. The predicted molar refractivity (Wildman–Crippen MR) is 101 cm³/mol. The quantitative estimate of drug-likeness (QED) is 0.671. The smallest absolute Gasteiger partial charge is 0.234 e. The van der Waals surface area contributed by atoms with Crippen LogP contribution < -0.4 is 5.32 Å². The van der Waals surface area contributed by atoms with E-state index in [0.717, 1.165) is 44.6 Å². The fourth-order valence-electron chi connectivity index (χ4n) is 3.08. The highest BCUT2D eigenvalue weighted by Gasteiger charge is 2.25. The number of hydrogen-bond acceptors (Lipinski definition) is 5. The molecule has 0 radical (unpaired) electrons. The van der Waals surface area contributed by atoms with Crippen LogP contribution in [0.2, 0.25) is 5.02 Å². The van der Waals surface area contributed by atoms with E-state index in [2.05, 4.69) is 15.1 Å². The molecule has 0 spiro atoms. The summed E-state index contributed by atoms with van der Waals surface area (Å²) in [6.07, 6.45) is 1.74. The van der Waals surface area contributed by atoms with E-state index in [1.54, 1.807) is 0 Å². The molecule has 7 heteroatoms. The zero-order chi connectivity index (χ0) is 18.4. The summed E-state index contributed by atoms with van der Waals surface area (Å²) in [5.74, 6) is 0.136. The van der Waals surface area contributed by atoms with Crippen molar-refractivity contribution in [2.45, 2.75) is 31.6 Å². The zero-order valence-electron chi connectivity index (χ0n) is 15.1. The number of carbonyl (C=O) groups excluding carboxylic acids is 1. The lowest BCUT2D eigenvalue weighted by molar-refractivity contribution is -0.122. The van der Waals surface area contributed by atoms with Crippen molar-refractivity contribution in [1.82, 2.24) is 15.1 Å². The summed E-state index contributed by atoms with van der Waals surface area (Å²) in [7, 11) is 0. The maximum atomic E-state index is 11.8. The van der Waals surface area contributed by atoms with Crippen molar-refractivity contribution in [2.75, 3.05) is 45.9 Å². The van der Waals surface area contributed by atoms with Gasteiger partial charge in [-0.05, 0) is 30.5 Å². The molecule has 1 aromatic rings. The molecule has 1 aliphatic heterocycles. The summed E-state index contributed by atoms with van der Waals surface area (Å²) < 4.78 is 5.60. The molecule has 2 N–H and O–H groups in total. The molecule has 1 aromatic carbocycles. The highest BCUT2D eigenvalue weighted by molar-refractivity contribution is 6.30. The average Bonchev–Trinajstić information content (AvgIpc) is 3.42. The van der Waals surface area contributed by atoms with E-state index in [1.165, 1.54) is 0 Å². The minimum absolute atomic E-state index is 0.136. The van der Waals surface area contributed by atoms with Crippen molar-refractivity contribution < 1.29 is 14.6 Å². The van der Waals surface area contributed by atoms with Crippen LogP contribution in [0.4, 0.5) is 0 Å². The summed E-state index contributed by atoms with van der Waals surface area (Å²) in [5.41, 5.74) is 1.04. The molecule has 1 aliphatic carbocycles. The van der Waals surface area contributed by atoms with Gasteiger partial charge in [-0.25, -0.2) is 0 Å². The Labute approximate surface area is 160 Å². The minimum atomic E-state index is -0.507. The lowest BCUT2D eigenvalue weighted by Gasteiger charge is -2.35. The zero-order valence-corrected chi connectivity index (χ0v) is 15.8. The summed E-state index contributed by atoms with van der Waals surface area (Å²) in [5, 5.41) is 13.9. The molecule has 3 rings (SSSR count). The lowest BCUT2D eigenvalue weighted by atomic mass is 10.2. The number of ether oxygens (including phenoxy) is 1. The molecule has 1 unspecified atom stereocenters. The highest BCUT2D eigenvalue weighted by Crippen LogP contribution is 2.18. The number of nitrogens with zero attached hydrogens (tertiary/aromatic N) is 2. The Morgan fingerprint density at radius 3 is 2.50 bits per heavy atom. The van der Waals surface area contributed by atoms with Gasteiger partial charge < -0.3 is 15.2 Å². The van der Waals surface area contributed by atoms with E-state index >= 15 is 0 Å². The first-order chi connectivity index (χ1) is 12.6. The van der Waals surface area contributed by atoms with Gasteiger partial charge in [-0.1, -0.05) is 23.7 Å². The number of amides is 1. The number of nitrogens with one attached hydrogen (secondary N) is 1. The highest BCUT2D eigenvalue weighted by atomic mass is 35.5. The lowest BCUT2D eigenvalue weighted by Crippen LogP contribution is -2.51. The van der Waals surface area contributed by atoms with E-state index in [-0.39, 0.29) is 5.91 Å². The van der Waals surface area contributed by atoms with Gasteiger partial charge in [0.15, 0.2) is 0 Å². The van der Waals surface area contributed by atoms with Crippen LogP contribution in [0.5, 0.6) is 0 Å². The Balaban J connectivity index is 1.27. The van der Waals surface area contributed by atoms with Gasteiger partial charge in [0.25, 0.3) is 0 Å². The summed E-state index contributed by atoms with van der Waals surface area (Å²) >= 11 is 5.86. The molecule has 0 bridgehead atoms.